The summed E-state index contributed by atoms with van der Waals surface area (Å²) in [6.45, 7) is 3.88. The summed E-state index contributed by atoms with van der Waals surface area (Å²) < 4.78 is 6.77. The van der Waals surface area contributed by atoms with Gasteiger partial charge in [-0.15, -0.1) is 5.10 Å². The molecule has 0 bridgehead atoms. The average molecular weight is 395 g/mol. The van der Waals surface area contributed by atoms with Gasteiger partial charge in [0.05, 0.1) is 6.26 Å². The fourth-order valence-corrected chi connectivity index (χ4v) is 4.41. The summed E-state index contributed by atoms with van der Waals surface area (Å²) in [7, 11) is 0. The van der Waals surface area contributed by atoms with Crippen LogP contribution in [0.5, 0.6) is 0 Å². The third-order valence-corrected chi connectivity index (χ3v) is 5.97. The molecule has 0 aliphatic carbocycles. The first-order chi connectivity index (χ1) is 14.2. The Bertz CT molecular complexity index is 999. The highest BCUT2D eigenvalue weighted by atomic mass is 16.3. The van der Waals surface area contributed by atoms with Crippen molar-refractivity contribution in [3.8, 4) is 11.6 Å². The maximum Gasteiger partial charge on any atom is 0.272 e. The van der Waals surface area contributed by atoms with Gasteiger partial charge in [0.25, 0.3) is 5.91 Å². The Morgan fingerprint density at radius 2 is 1.90 bits per heavy atom. The molecule has 2 N–H and O–H groups in total. The number of nitrogen functional groups attached to an aromatic ring is 1. The SMILES string of the molecule is Nc1nc(C(=O)N2CCC(N3CCCCC3)CC2)cc2nc(-c3ccco3)nn12. The Morgan fingerprint density at radius 3 is 2.62 bits per heavy atom. The molecule has 2 saturated heterocycles. The van der Waals surface area contributed by atoms with Crippen LogP contribution in [0.2, 0.25) is 0 Å². The first-order valence-electron chi connectivity index (χ1n) is 10.3. The normalized spacial score (nSPS) is 19.1. The van der Waals surface area contributed by atoms with Crippen LogP contribution < -0.4 is 5.73 Å². The van der Waals surface area contributed by atoms with Gasteiger partial charge in [-0.3, -0.25) is 4.79 Å². The average Bonchev–Trinajstić information content (AvgIpc) is 3.44. The zero-order valence-corrected chi connectivity index (χ0v) is 16.3. The number of furan rings is 1. The van der Waals surface area contributed by atoms with Crippen LogP contribution in [0.15, 0.2) is 28.9 Å². The molecule has 9 heteroatoms. The van der Waals surface area contributed by atoms with Gasteiger partial charge in [0.15, 0.2) is 11.4 Å². The Morgan fingerprint density at radius 1 is 1.10 bits per heavy atom. The maximum atomic E-state index is 13.0. The van der Waals surface area contributed by atoms with E-state index in [-0.39, 0.29) is 11.9 Å². The van der Waals surface area contributed by atoms with Crippen molar-refractivity contribution in [1.29, 1.82) is 0 Å². The van der Waals surface area contributed by atoms with Crippen LogP contribution in [0.4, 0.5) is 5.95 Å². The monoisotopic (exact) mass is 395 g/mol. The van der Waals surface area contributed by atoms with Crippen LogP contribution >= 0.6 is 0 Å². The van der Waals surface area contributed by atoms with Gasteiger partial charge < -0.3 is 20.0 Å². The largest absolute Gasteiger partial charge is 0.461 e. The van der Waals surface area contributed by atoms with Crippen molar-refractivity contribution in [3.63, 3.8) is 0 Å². The van der Waals surface area contributed by atoms with Gasteiger partial charge in [0.2, 0.25) is 11.8 Å². The number of carbonyl (C=O) groups is 1. The molecule has 9 nitrogen and oxygen atoms in total. The number of fused-ring (bicyclic) bond motifs is 1. The van der Waals surface area contributed by atoms with Crippen LogP contribution in [-0.4, -0.2) is 67.5 Å². The number of carbonyl (C=O) groups excluding carboxylic acids is 1. The second-order valence-electron chi connectivity index (χ2n) is 7.80. The van der Waals surface area contributed by atoms with Crippen molar-refractivity contribution in [1.82, 2.24) is 29.4 Å². The molecule has 152 valence electrons. The zero-order valence-electron chi connectivity index (χ0n) is 16.3. The highest BCUT2D eigenvalue weighted by Gasteiger charge is 2.29. The number of anilines is 1. The topological polar surface area (TPSA) is 106 Å². The molecule has 0 saturated carbocycles. The van der Waals surface area contributed by atoms with Gasteiger partial charge in [0.1, 0.15) is 5.69 Å². The van der Waals surface area contributed by atoms with Gasteiger partial charge >= 0.3 is 0 Å². The minimum atomic E-state index is -0.0983. The van der Waals surface area contributed by atoms with Crippen molar-refractivity contribution in [3.05, 3.63) is 30.2 Å². The maximum absolute atomic E-state index is 13.0. The number of rotatable bonds is 3. The summed E-state index contributed by atoms with van der Waals surface area (Å²) >= 11 is 0. The molecule has 0 atom stereocenters. The lowest BCUT2D eigenvalue weighted by molar-refractivity contribution is 0.0585. The number of nitrogens with zero attached hydrogens (tertiary/aromatic N) is 6. The van der Waals surface area contributed by atoms with E-state index in [4.69, 9.17) is 10.2 Å². The molecular weight excluding hydrogens is 370 g/mol. The van der Waals surface area contributed by atoms with Gasteiger partial charge in [-0.05, 0) is 50.9 Å². The molecule has 0 aromatic carbocycles. The van der Waals surface area contributed by atoms with Crippen LogP contribution in [0.25, 0.3) is 17.2 Å². The summed E-state index contributed by atoms with van der Waals surface area (Å²) in [5, 5.41) is 4.32. The lowest BCUT2D eigenvalue weighted by atomic mass is 9.99. The Kier molecular flexibility index (Phi) is 4.67. The number of amides is 1. The van der Waals surface area contributed by atoms with Crippen molar-refractivity contribution in [2.45, 2.75) is 38.1 Å². The third kappa shape index (κ3) is 3.46. The van der Waals surface area contributed by atoms with Gasteiger partial charge in [-0.1, -0.05) is 6.42 Å². The lowest BCUT2D eigenvalue weighted by Crippen LogP contribution is -2.48. The molecule has 2 aliphatic rings. The van der Waals surface area contributed by atoms with E-state index in [0.717, 1.165) is 25.9 Å². The van der Waals surface area contributed by atoms with E-state index in [0.29, 0.717) is 29.0 Å². The first-order valence-corrected chi connectivity index (χ1v) is 10.3. The van der Waals surface area contributed by atoms with Crippen LogP contribution in [0, 0.1) is 0 Å². The van der Waals surface area contributed by atoms with E-state index >= 15 is 0 Å². The zero-order chi connectivity index (χ0) is 19.8. The second-order valence-corrected chi connectivity index (χ2v) is 7.80. The predicted octanol–water partition coefficient (Wildman–Crippen LogP) is 2.06. The minimum Gasteiger partial charge on any atom is -0.461 e. The fourth-order valence-electron chi connectivity index (χ4n) is 4.41. The molecule has 1 amide bonds. The number of hydrogen-bond donors (Lipinski definition) is 1. The van der Waals surface area contributed by atoms with Crippen molar-refractivity contribution in [2.24, 2.45) is 0 Å². The molecule has 5 heterocycles. The van der Waals surface area contributed by atoms with E-state index in [2.05, 4.69) is 20.0 Å². The molecular formula is C20H25N7O2. The van der Waals surface area contributed by atoms with E-state index in [1.54, 1.807) is 24.5 Å². The Hall–Kier alpha value is -2.94. The standard InChI is InChI=1S/C20H25N7O2/c21-20-22-15(13-17-23-18(24-27(17)20)16-5-4-12-29-16)19(28)26-10-6-14(7-11-26)25-8-2-1-3-9-25/h4-5,12-14H,1-3,6-11H2,(H2,21,22). The third-order valence-electron chi connectivity index (χ3n) is 5.97. The van der Waals surface area contributed by atoms with Crippen molar-refractivity contribution < 1.29 is 9.21 Å². The smallest absolute Gasteiger partial charge is 0.272 e. The highest BCUT2D eigenvalue weighted by Crippen LogP contribution is 2.23. The predicted molar refractivity (Wildman–Crippen MR) is 107 cm³/mol. The second kappa shape index (κ2) is 7.47. The Labute approximate surface area is 168 Å². The van der Waals surface area contributed by atoms with E-state index in [9.17, 15) is 4.79 Å². The van der Waals surface area contributed by atoms with Crippen molar-refractivity contribution in [2.75, 3.05) is 31.9 Å². The molecule has 0 spiro atoms. The molecule has 3 aromatic rings. The summed E-state index contributed by atoms with van der Waals surface area (Å²) in [6, 6.07) is 5.78. The molecule has 2 aliphatic heterocycles. The van der Waals surface area contributed by atoms with E-state index < -0.39 is 0 Å². The number of likely N-dealkylation sites (tertiary alicyclic amines) is 2. The van der Waals surface area contributed by atoms with E-state index in [1.165, 1.54) is 36.9 Å². The minimum absolute atomic E-state index is 0.0983. The first kappa shape index (κ1) is 18.1. The highest BCUT2D eigenvalue weighted by molar-refractivity contribution is 5.93. The summed E-state index contributed by atoms with van der Waals surface area (Å²) in [5.41, 5.74) is 6.84. The summed E-state index contributed by atoms with van der Waals surface area (Å²) in [4.78, 5) is 26.2. The Balaban J connectivity index is 1.32. The quantitative estimate of drug-likeness (QED) is 0.723. The van der Waals surface area contributed by atoms with Gasteiger partial charge in [-0.2, -0.15) is 4.52 Å². The molecule has 0 unspecified atom stereocenters. The summed E-state index contributed by atoms with van der Waals surface area (Å²) in [6.07, 6.45) is 7.51. The number of nitrogens with two attached hydrogens (primary N) is 1. The molecule has 29 heavy (non-hydrogen) atoms. The molecule has 2 fully saturated rings. The number of hydrogen-bond acceptors (Lipinski definition) is 7. The van der Waals surface area contributed by atoms with E-state index in [1.807, 2.05) is 4.90 Å². The van der Waals surface area contributed by atoms with Gasteiger partial charge in [-0.25, -0.2) is 9.97 Å². The van der Waals surface area contributed by atoms with Crippen LogP contribution in [0.3, 0.4) is 0 Å². The fraction of sp³-hybridized carbons (Fsp3) is 0.500. The summed E-state index contributed by atoms with van der Waals surface area (Å²) in [5.74, 6) is 0.995. The van der Waals surface area contributed by atoms with Crippen LogP contribution in [-0.2, 0) is 0 Å². The lowest BCUT2D eigenvalue weighted by Gasteiger charge is -2.40. The molecule has 3 aromatic heterocycles. The van der Waals surface area contributed by atoms with Crippen LogP contribution in [0.1, 0.15) is 42.6 Å². The van der Waals surface area contributed by atoms with Crippen molar-refractivity contribution >= 4 is 17.5 Å². The molecule has 5 rings (SSSR count). The number of piperidine rings is 2. The van der Waals surface area contributed by atoms with Gasteiger partial charge in [0, 0.05) is 25.2 Å². The number of aromatic nitrogens is 4. The molecule has 0 radical (unpaired) electrons.